The highest BCUT2D eigenvalue weighted by atomic mass is 32.2. The highest BCUT2D eigenvalue weighted by molar-refractivity contribution is 7.89. The Morgan fingerprint density at radius 3 is 2.32 bits per heavy atom. The van der Waals surface area contributed by atoms with Crippen LogP contribution in [0.5, 0.6) is 0 Å². The van der Waals surface area contributed by atoms with E-state index in [1.54, 1.807) is 30.3 Å². The molecular formula is C15H13F2N5O2S. The second-order valence-corrected chi connectivity index (χ2v) is 6.83. The molecule has 10 heteroatoms. The number of hydrogen-bond acceptors (Lipinski definition) is 5. The number of nitrogens with zero attached hydrogens (tertiary/aromatic N) is 4. The molecule has 0 aliphatic heterocycles. The van der Waals surface area contributed by atoms with Crippen LogP contribution in [0.1, 0.15) is 18.8 Å². The molecular weight excluding hydrogens is 352 g/mol. The molecule has 3 aromatic rings. The molecule has 0 amide bonds. The van der Waals surface area contributed by atoms with Crippen molar-refractivity contribution in [1.82, 2.24) is 24.9 Å². The van der Waals surface area contributed by atoms with Crippen LogP contribution in [-0.2, 0) is 10.0 Å². The van der Waals surface area contributed by atoms with E-state index in [2.05, 4.69) is 20.2 Å². The van der Waals surface area contributed by atoms with Crippen LogP contribution in [0.25, 0.3) is 5.69 Å². The summed E-state index contributed by atoms with van der Waals surface area (Å²) in [4.78, 5) is -1.04. The number of rotatable bonds is 5. The van der Waals surface area contributed by atoms with E-state index in [1.165, 1.54) is 11.6 Å². The van der Waals surface area contributed by atoms with Gasteiger partial charge in [-0.15, -0.1) is 5.10 Å². The average molecular weight is 365 g/mol. The van der Waals surface area contributed by atoms with Gasteiger partial charge in [-0.25, -0.2) is 21.9 Å². The van der Waals surface area contributed by atoms with Crippen LogP contribution in [0, 0.1) is 11.6 Å². The summed E-state index contributed by atoms with van der Waals surface area (Å²) >= 11 is 0. The normalized spacial score (nSPS) is 12.9. The molecule has 0 spiro atoms. The fourth-order valence-corrected chi connectivity index (χ4v) is 3.64. The maximum absolute atomic E-state index is 13.8. The fraction of sp³-hybridized carbons (Fsp3) is 0.133. The fourth-order valence-electron chi connectivity index (χ4n) is 2.30. The lowest BCUT2D eigenvalue weighted by Crippen LogP contribution is -2.30. The topological polar surface area (TPSA) is 89.8 Å². The lowest BCUT2D eigenvalue weighted by molar-refractivity contribution is 0.506. The number of nitrogens with one attached hydrogen (secondary N) is 1. The van der Waals surface area contributed by atoms with Gasteiger partial charge in [-0.3, -0.25) is 0 Å². The zero-order chi connectivity index (χ0) is 18.0. The third-order valence-electron chi connectivity index (χ3n) is 3.40. The van der Waals surface area contributed by atoms with E-state index in [0.717, 1.165) is 18.2 Å². The number of sulfonamides is 1. The van der Waals surface area contributed by atoms with Gasteiger partial charge in [0.1, 0.15) is 11.6 Å². The predicted octanol–water partition coefficient (Wildman–Crippen LogP) is 1.98. The van der Waals surface area contributed by atoms with Crippen molar-refractivity contribution in [2.75, 3.05) is 0 Å². The largest absolute Gasteiger partial charge is 0.247 e. The molecule has 7 nitrogen and oxygen atoms in total. The molecule has 1 heterocycles. The SMILES string of the molecule is CC(NS(=O)(=O)c1c(F)cccc1F)c1nnnn1-c1ccccc1. The van der Waals surface area contributed by atoms with Crippen LogP contribution in [-0.4, -0.2) is 28.6 Å². The first-order valence-electron chi connectivity index (χ1n) is 7.20. The van der Waals surface area contributed by atoms with E-state index in [9.17, 15) is 17.2 Å². The Morgan fingerprint density at radius 2 is 1.68 bits per heavy atom. The van der Waals surface area contributed by atoms with E-state index in [4.69, 9.17) is 0 Å². The first-order valence-corrected chi connectivity index (χ1v) is 8.68. The second kappa shape index (κ2) is 6.65. The van der Waals surface area contributed by atoms with Crippen LogP contribution in [0.2, 0.25) is 0 Å². The third-order valence-corrected chi connectivity index (χ3v) is 4.99. The summed E-state index contributed by atoms with van der Waals surface area (Å²) in [7, 11) is -4.45. The van der Waals surface area contributed by atoms with Crippen LogP contribution in [0.4, 0.5) is 8.78 Å². The molecule has 2 aromatic carbocycles. The zero-order valence-electron chi connectivity index (χ0n) is 13.0. The Morgan fingerprint density at radius 1 is 1.04 bits per heavy atom. The number of halogens is 2. The summed E-state index contributed by atoms with van der Waals surface area (Å²) in [5.74, 6) is -2.18. The first-order chi connectivity index (χ1) is 11.9. The lowest BCUT2D eigenvalue weighted by atomic mass is 10.3. The zero-order valence-corrected chi connectivity index (χ0v) is 13.8. The smallest absolute Gasteiger partial charge is 0.207 e. The number of para-hydroxylation sites is 1. The summed E-state index contributed by atoms with van der Waals surface area (Å²) in [6.45, 7) is 1.47. The van der Waals surface area contributed by atoms with Crippen molar-refractivity contribution < 1.29 is 17.2 Å². The van der Waals surface area contributed by atoms with Gasteiger partial charge in [0, 0.05) is 0 Å². The van der Waals surface area contributed by atoms with Crippen molar-refractivity contribution in [3.8, 4) is 5.69 Å². The van der Waals surface area contributed by atoms with E-state index >= 15 is 0 Å². The molecule has 0 aliphatic carbocycles. The van der Waals surface area contributed by atoms with Crippen LogP contribution < -0.4 is 4.72 Å². The summed E-state index contributed by atoms with van der Waals surface area (Å²) < 4.78 is 55.8. The lowest BCUT2D eigenvalue weighted by Gasteiger charge is -2.14. The van der Waals surface area contributed by atoms with Crippen LogP contribution in [0.15, 0.2) is 53.4 Å². The van der Waals surface area contributed by atoms with E-state index in [1.807, 2.05) is 0 Å². The molecule has 1 N–H and O–H groups in total. The number of benzene rings is 2. The second-order valence-electron chi connectivity index (χ2n) is 5.18. The van der Waals surface area contributed by atoms with E-state index in [0.29, 0.717) is 5.69 Å². The van der Waals surface area contributed by atoms with Gasteiger partial charge in [0.05, 0.1) is 11.7 Å². The first kappa shape index (κ1) is 17.1. The average Bonchev–Trinajstić information content (AvgIpc) is 3.04. The predicted molar refractivity (Wildman–Crippen MR) is 84.2 cm³/mol. The maximum atomic E-state index is 13.8. The van der Waals surface area contributed by atoms with Gasteiger partial charge in [0.2, 0.25) is 10.0 Å². The monoisotopic (exact) mass is 365 g/mol. The molecule has 0 bridgehead atoms. The quantitative estimate of drug-likeness (QED) is 0.747. The van der Waals surface area contributed by atoms with Gasteiger partial charge >= 0.3 is 0 Å². The standard InChI is InChI=1S/C15H13F2N5O2S/c1-10(15-18-20-21-22(15)11-6-3-2-4-7-11)19-25(23,24)14-12(16)8-5-9-13(14)17/h2-10,19H,1H3. The Balaban J connectivity index is 1.94. The van der Waals surface area contributed by atoms with Crippen molar-refractivity contribution in [2.24, 2.45) is 0 Å². The molecule has 1 atom stereocenters. The molecule has 1 aromatic heterocycles. The van der Waals surface area contributed by atoms with Crippen LogP contribution >= 0.6 is 0 Å². The summed E-state index contributed by atoms with van der Waals surface area (Å²) in [6, 6.07) is 10.7. The highest BCUT2D eigenvalue weighted by Crippen LogP contribution is 2.21. The van der Waals surface area contributed by atoms with Crippen molar-refractivity contribution in [1.29, 1.82) is 0 Å². The summed E-state index contributed by atoms with van der Waals surface area (Å²) in [6.07, 6.45) is 0. The van der Waals surface area contributed by atoms with Crippen molar-refractivity contribution in [3.05, 3.63) is 66.0 Å². The third kappa shape index (κ3) is 3.39. The van der Waals surface area contributed by atoms with E-state index in [-0.39, 0.29) is 5.82 Å². The minimum atomic E-state index is -4.45. The summed E-state index contributed by atoms with van der Waals surface area (Å²) in [5.41, 5.74) is 0.616. The van der Waals surface area contributed by atoms with Gasteiger partial charge in [-0.1, -0.05) is 24.3 Å². The maximum Gasteiger partial charge on any atom is 0.247 e. The van der Waals surface area contributed by atoms with E-state index < -0.39 is 32.6 Å². The van der Waals surface area contributed by atoms with Gasteiger partial charge in [0.15, 0.2) is 10.7 Å². The summed E-state index contributed by atoms with van der Waals surface area (Å²) in [5, 5.41) is 11.2. The van der Waals surface area contributed by atoms with Crippen molar-refractivity contribution in [3.63, 3.8) is 0 Å². The number of aromatic nitrogens is 4. The van der Waals surface area contributed by atoms with Gasteiger partial charge in [-0.05, 0) is 41.6 Å². The Bertz CT molecular complexity index is 972. The van der Waals surface area contributed by atoms with Crippen molar-refractivity contribution in [2.45, 2.75) is 17.9 Å². The molecule has 0 saturated heterocycles. The molecule has 25 heavy (non-hydrogen) atoms. The molecule has 0 aliphatic rings. The number of hydrogen-bond donors (Lipinski definition) is 1. The Hall–Kier alpha value is -2.72. The minimum Gasteiger partial charge on any atom is -0.207 e. The van der Waals surface area contributed by atoms with Gasteiger partial charge < -0.3 is 0 Å². The molecule has 3 rings (SSSR count). The number of tetrazole rings is 1. The molecule has 130 valence electrons. The van der Waals surface area contributed by atoms with Crippen molar-refractivity contribution >= 4 is 10.0 Å². The van der Waals surface area contributed by atoms with Gasteiger partial charge in [0.25, 0.3) is 0 Å². The highest BCUT2D eigenvalue weighted by Gasteiger charge is 2.28. The molecule has 1 unspecified atom stereocenters. The van der Waals surface area contributed by atoms with Crippen LogP contribution in [0.3, 0.4) is 0 Å². The molecule has 0 radical (unpaired) electrons. The van der Waals surface area contributed by atoms with Gasteiger partial charge in [-0.2, -0.15) is 4.68 Å². The minimum absolute atomic E-state index is 0.173. The Labute approximate surface area is 142 Å². The molecule has 0 saturated carbocycles. The molecule has 0 fully saturated rings. The Kier molecular flexibility index (Phi) is 4.55.